The normalized spacial score (nSPS) is 19.4. The number of hydrogen-bond donors (Lipinski definition) is 1. The molecule has 1 unspecified atom stereocenters. The molecule has 7 nitrogen and oxygen atoms in total. The summed E-state index contributed by atoms with van der Waals surface area (Å²) in [5.41, 5.74) is 0.888. The van der Waals surface area contributed by atoms with Crippen LogP contribution in [0.25, 0.3) is 0 Å². The fourth-order valence-corrected chi connectivity index (χ4v) is 4.63. The topological polar surface area (TPSA) is 101 Å². The summed E-state index contributed by atoms with van der Waals surface area (Å²) >= 11 is -1.18. The summed E-state index contributed by atoms with van der Waals surface area (Å²) in [6.45, 7) is 0.0269. The number of β-lactam (4-membered cyclic amide) rings is 1. The molecular weight excluding hydrogens is 349 g/mol. The maximum atomic E-state index is 11.8. The van der Waals surface area contributed by atoms with Crippen molar-refractivity contribution in [2.24, 2.45) is 0 Å². The number of carbonyl (C=O) groups excluding carboxylic acids is 2. The van der Waals surface area contributed by atoms with E-state index in [9.17, 15) is 18.0 Å². The third-order valence-corrected chi connectivity index (χ3v) is 5.67. The summed E-state index contributed by atoms with van der Waals surface area (Å²) in [6, 6.07) is 9.18. The zero-order valence-electron chi connectivity index (χ0n) is 10.2. The van der Waals surface area contributed by atoms with Crippen LogP contribution in [0.2, 0.25) is 4.71 Å². The third kappa shape index (κ3) is 4.14. The van der Waals surface area contributed by atoms with E-state index in [1.54, 1.807) is 0 Å². The Morgan fingerprint density at radius 1 is 1.40 bits per heavy atom. The molecule has 0 spiro atoms. The van der Waals surface area contributed by atoms with Crippen LogP contribution in [0.1, 0.15) is 5.56 Å². The minimum absolute atomic E-state index is 0.0149. The average Bonchev–Trinajstić information content (AvgIpc) is 2.37. The Morgan fingerprint density at radius 2 is 2.05 bits per heavy atom. The van der Waals surface area contributed by atoms with Crippen LogP contribution in [-0.4, -0.2) is 50.8 Å². The van der Waals surface area contributed by atoms with Gasteiger partial charge in [-0.2, -0.15) is 0 Å². The van der Waals surface area contributed by atoms with Crippen LogP contribution < -0.4 is 0 Å². The average molecular weight is 361 g/mol. The van der Waals surface area contributed by atoms with Crippen molar-refractivity contribution >= 4 is 36.6 Å². The number of hydroxylamine groups is 2. The molecule has 108 valence electrons. The van der Waals surface area contributed by atoms with Gasteiger partial charge in [-0.15, -0.1) is 0 Å². The molecular formula is C11H12AsNO6S. The van der Waals surface area contributed by atoms with Crippen molar-refractivity contribution in [3.63, 3.8) is 0 Å². The predicted molar refractivity (Wildman–Crippen MR) is 70.4 cm³/mol. The van der Waals surface area contributed by atoms with Crippen LogP contribution in [0.5, 0.6) is 0 Å². The molecule has 0 radical (unpaired) electrons. The third-order valence-electron chi connectivity index (χ3n) is 2.62. The van der Waals surface area contributed by atoms with Crippen molar-refractivity contribution in [1.82, 2.24) is 5.06 Å². The second-order valence-electron chi connectivity index (χ2n) is 4.18. The molecule has 2 atom stereocenters. The maximum absolute atomic E-state index is 11.8. The van der Waals surface area contributed by atoms with Crippen LogP contribution in [0.3, 0.4) is 0 Å². The van der Waals surface area contributed by atoms with Crippen LogP contribution in [0, 0.1) is 0 Å². The van der Waals surface area contributed by atoms with E-state index in [0.29, 0.717) is 5.06 Å². The summed E-state index contributed by atoms with van der Waals surface area (Å²) in [6.07, 6.45) is 0.282. The first-order valence-corrected chi connectivity index (χ1v) is 9.29. The van der Waals surface area contributed by atoms with Gasteiger partial charge < -0.3 is 0 Å². The van der Waals surface area contributed by atoms with Gasteiger partial charge in [-0.1, -0.05) is 0 Å². The van der Waals surface area contributed by atoms with Crippen molar-refractivity contribution in [2.45, 2.75) is 11.1 Å². The molecule has 1 fully saturated rings. The van der Waals surface area contributed by atoms with Gasteiger partial charge in [-0.3, -0.25) is 0 Å². The number of rotatable bonds is 6. The molecule has 1 N–H and O–H groups in total. The predicted octanol–water partition coefficient (Wildman–Crippen LogP) is -0.443. The van der Waals surface area contributed by atoms with Gasteiger partial charge in [0.15, 0.2) is 0 Å². The molecule has 1 aromatic rings. The van der Waals surface area contributed by atoms with Gasteiger partial charge in [0.2, 0.25) is 0 Å². The van der Waals surface area contributed by atoms with E-state index in [1.165, 1.54) is 0 Å². The Labute approximate surface area is 122 Å². The van der Waals surface area contributed by atoms with Crippen molar-refractivity contribution in [1.29, 1.82) is 0 Å². The van der Waals surface area contributed by atoms with Crippen LogP contribution >= 0.6 is 0 Å². The van der Waals surface area contributed by atoms with E-state index in [0.717, 1.165) is 5.56 Å². The second-order valence-corrected chi connectivity index (χ2v) is 8.43. The van der Waals surface area contributed by atoms with Gasteiger partial charge in [0.05, 0.1) is 0 Å². The van der Waals surface area contributed by atoms with Crippen LogP contribution in [-0.2, 0) is 30.7 Å². The van der Waals surface area contributed by atoms with Crippen molar-refractivity contribution < 1.29 is 26.8 Å². The number of hydrogen-bond acceptors (Lipinski definition) is 5. The number of benzene rings is 1. The van der Waals surface area contributed by atoms with E-state index in [-0.39, 0.29) is 17.5 Å². The number of carbonyl (C=O) groups is 2. The van der Waals surface area contributed by atoms with E-state index < -0.39 is 36.8 Å². The standard InChI is InChI=1S/C11H12AsNO6S/c14-10(6-8-4-2-1-3-5-8)12-9-7-13(11(9)15)19-20(16,17)18/h1-5,9,12H,6-7H2,(H,16,17,18)/t9-/m0/s1. The van der Waals surface area contributed by atoms with E-state index >= 15 is 0 Å². The monoisotopic (exact) mass is 361 g/mol. The Bertz CT molecular complexity index is 617. The Hall–Kier alpha value is -1.21. The number of nitrogens with zero attached hydrogens (tertiary/aromatic N) is 1. The zero-order chi connectivity index (χ0) is 14.8. The molecule has 1 saturated heterocycles. The fourth-order valence-electron chi connectivity index (χ4n) is 1.71. The van der Waals surface area contributed by atoms with E-state index in [2.05, 4.69) is 4.28 Å². The van der Waals surface area contributed by atoms with Crippen LogP contribution in [0.15, 0.2) is 30.3 Å². The fraction of sp³-hybridized carbons (Fsp3) is 0.273. The Morgan fingerprint density at radius 3 is 2.60 bits per heavy atom. The molecule has 1 aliphatic heterocycles. The number of amides is 1. The minimum atomic E-state index is -4.68. The molecule has 0 bridgehead atoms. The van der Waals surface area contributed by atoms with Crippen molar-refractivity contribution in [2.75, 3.05) is 6.54 Å². The van der Waals surface area contributed by atoms with E-state index in [1.807, 2.05) is 30.3 Å². The molecule has 20 heavy (non-hydrogen) atoms. The summed E-state index contributed by atoms with van der Waals surface area (Å²) in [4.78, 5) is 23.4. The summed E-state index contributed by atoms with van der Waals surface area (Å²) in [5.74, 6) is -0.566. The van der Waals surface area contributed by atoms with Crippen LogP contribution in [0.4, 0.5) is 0 Å². The second kappa shape index (κ2) is 6.05. The summed E-state index contributed by atoms with van der Waals surface area (Å²) < 4.78 is 32.9. The molecule has 0 aliphatic carbocycles. The van der Waals surface area contributed by atoms with Gasteiger partial charge in [0.1, 0.15) is 0 Å². The zero-order valence-corrected chi connectivity index (χ0v) is 13.1. The SMILES string of the molecule is O=C(Cc1ccccc1)[AsH][C@H]1CN(OS(=O)(=O)O)C1=O. The molecule has 1 aliphatic rings. The molecule has 0 saturated carbocycles. The van der Waals surface area contributed by atoms with Gasteiger partial charge in [0.25, 0.3) is 0 Å². The van der Waals surface area contributed by atoms with Crippen molar-refractivity contribution in [3.8, 4) is 0 Å². The first-order chi connectivity index (χ1) is 9.35. The summed E-state index contributed by atoms with van der Waals surface area (Å²) in [7, 11) is -4.68. The molecule has 1 heterocycles. The van der Waals surface area contributed by atoms with Gasteiger partial charge in [-0.05, 0) is 0 Å². The molecule has 9 heteroatoms. The summed E-state index contributed by atoms with van der Waals surface area (Å²) in [5, 5.41) is 0.555. The van der Waals surface area contributed by atoms with Gasteiger partial charge in [-0.25, -0.2) is 0 Å². The molecule has 2 rings (SSSR count). The Kier molecular flexibility index (Phi) is 4.59. The quantitative estimate of drug-likeness (QED) is 0.419. The molecule has 0 aromatic heterocycles. The first-order valence-electron chi connectivity index (χ1n) is 5.67. The van der Waals surface area contributed by atoms with Gasteiger partial charge >= 0.3 is 122 Å². The Balaban J connectivity index is 1.81. The molecule has 1 amide bonds. The van der Waals surface area contributed by atoms with Gasteiger partial charge in [0, 0.05) is 0 Å². The molecule has 1 aromatic carbocycles. The van der Waals surface area contributed by atoms with Crippen molar-refractivity contribution in [3.05, 3.63) is 35.9 Å². The first kappa shape index (κ1) is 15.2. The van der Waals surface area contributed by atoms with E-state index in [4.69, 9.17) is 4.55 Å².